The summed E-state index contributed by atoms with van der Waals surface area (Å²) in [5.74, 6) is 0.184. The van der Waals surface area contributed by atoms with Gasteiger partial charge in [-0.3, -0.25) is 9.59 Å². The van der Waals surface area contributed by atoms with Crippen LogP contribution < -0.4 is 10.6 Å². The van der Waals surface area contributed by atoms with Gasteiger partial charge in [0.15, 0.2) is 0 Å². The van der Waals surface area contributed by atoms with Crippen LogP contribution in [0.2, 0.25) is 0 Å². The second-order valence-electron chi connectivity index (χ2n) is 7.87. The van der Waals surface area contributed by atoms with Gasteiger partial charge >= 0.3 is 0 Å². The summed E-state index contributed by atoms with van der Waals surface area (Å²) in [6.07, 6.45) is 9.45. The molecule has 3 fully saturated rings. The molecule has 1 aliphatic heterocycles. The minimum Gasteiger partial charge on any atom is -0.381 e. The van der Waals surface area contributed by atoms with Crippen LogP contribution in [0.1, 0.15) is 64.2 Å². The molecule has 2 saturated carbocycles. The van der Waals surface area contributed by atoms with E-state index in [-0.39, 0.29) is 17.7 Å². The second-order valence-corrected chi connectivity index (χ2v) is 7.87. The summed E-state index contributed by atoms with van der Waals surface area (Å²) >= 11 is 0. The minimum atomic E-state index is -0.689. The molecule has 0 aromatic rings. The summed E-state index contributed by atoms with van der Waals surface area (Å²) in [5.41, 5.74) is -0.689. The number of nitrogens with one attached hydrogen (secondary N) is 2. The third-order valence-electron chi connectivity index (χ3n) is 5.85. The number of rotatable bonds is 6. The highest BCUT2D eigenvalue weighted by atomic mass is 16.5. The summed E-state index contributed by atoms with van der Waals surface area (Å²) in [5, 5.41) is 15.1. The van der Waals surface area contributed by atoms with Gasteiger partial charge in [-0.25, -0.2) is 0 Å². The molecule has 138 valence electrons. The zero-order chi connectivity index (χ0) is 17.7. The van der Waals surface area contributed by atoms with Crippen molar-refractivity contribution in [3.8, 4) is 6.07 Å². The number of carbonyl (C=O) groups excluding carboxylic acids is 2. The molecule has 0 aromatic carbocycles. The van der Waals surface area contributed by atoms with E-state index in [1.807, 2.05) is 0 Å². The minimum absolute atomic E-state index is 0.0407. The van der Waals surface area contributed by atoms with Gasteiger partial charge in [-0.05, 0) is 38.0 Å². The zero-order valence-electron chi connectivity index (χ0n) is 14.9. The number of nitriles is 1. The molecule has 2 aliphatic carbocycles. The van der Waals surface area contributed by atoms with E-state index >= 15 is 0 Å². The Hall–Kier alpha value is -1.61. The predicted molar refractivity (Wildman–Crippen MR) is 92.4 cm³/mol. The van der Waals surface area contributed by atoms with E-state index in [1.54, 1.807) is 0 Å². The van der Waals surface area contributed by atoms with Gasteiger partial charge in [0.2, 0.25) is 11.8 Å². The quantitative estimate of drug-likeness (QED) is 0.769. The highest BCUT2D eigenvalue weighted by Crippen LogP contribution is 2.35. The Morgan fingerprint density at radius 1 is 1.12 bits per heavy atom. The van der Waals surface area contributed by atoms with Gasteiger partial charge in [0, 0.05) is 19.1 Å². The van der Waals surface area contributed by atoms with Crippen LogP contribution in [0.4, 0.5) is 0 Å². The molecular formula is C19H29N3O3. The van der Waals surface area contributed by atoms with Crippen LogP contribution in [-0.2, 0) is 14.3 Å². The molecule has 0 radical (unpaired) electrons. The van der Waals surface area contributed by atoms with Crippen molar-refractivity contribution in [2.45, 2.75) is 75.8 Å². The summed E-state index contributed by atoms with van der Waals surface area (Å²) in [7, 11) is 0. The number of nitrogens with zero attached hydrogens (tertiary/aromatic N) is 1. The summed E-state index contributed by atoms with van der Waals surface area (Å²) in [4.78, 5) is 25.3. The molecule has 1 atom stereocenters. The summed E-state index contributed by atoms with van der Waals surface area (Å²) < 4.78 is 5.32. The first kappa shape index (κ1) is 18.2. The Morgan fingerprint density at radius 2 is 1.80 bits per heavy atom. The van der Waals surface area contributed by atoms with Crippen molar-refractivity contribution >= 4 is 11.8 Å². The van der Waals surface area contributed by atoms with Gasteiger partial charge in [0.1, 0.15) is 11.6 Å². The van der Waals surface area contributed by atoms with Crippen LogP contribution in [0.15, 0.2) is 0 Å². The van der Waals surface area contributed by atoms with E-state index in [2.05, 4.69) is 16.7 Å². The van der Waals surface area contributed by atoms with Gasteiger partial charge in [-0.15, -0.1) is 0 Å². The maximum absolute atomic E-state index is 12.7. The lowest BCUT2D eigenvalue weighted by molar-refractivity contribution is -0.133. The number of amides is 2. The van der Waals surface area contributed by atoms with E-state index in [0.717, 1.165) is 12.8 Å². The van der Waals surface area contributed by atoms with Crippen molar-refractivity contribution in [3.05, 3.63) is 0 Å². The van der Waals surface area contributed by atoms with Crippen molar-refractivity contribution in [2.75, 3.05) is 13.2 Å². The molecule has 0 aromatic heterocycles. The van der Waals surface area contributed by atoms with E-state index in [0.29, 0.717) is 51.2 Å². The van der Waals surface area contributed by atoms with E-state index in [9.17, 15) is 14.9 Å². The van der Waals surface area contributed by atoms with Gasteiger partial charge in [-0.1, -0.05) is 32.1 Å². The molecule has 1 heterocycles. The predicted octanol–water partition coefficient (Wildman–Crippen LogP) is 2.04. The molecule has 0 bridgehead atoms. The molecule has 3 aliphatic rings. The van der Waals surface area contributed by atoms with Crippen molar-refractivity contribution in [2.24, 2.45) is 11.8 Å². The summed E-state index contributed by atoms with van der Waals surface area (Å²) in [6, 6.07) is 1.67. The second kappa shape index (κ2) is 8.18. The molecule has 1 saturated heterocycles. The summed E-state index contributed by atoms with van der Waals surface area (Å²) in [6.45, 7) is 1.21. The molecule has 6 nitrogen and oxygen atoms in total. The number of ether oxygens (including phenoxy) is 1. The molecule has 25 heavy (non-hydrogen) atoms. The fraction of sp³-hybridized carbons (Fsp3) is 0.842. The smallest absolute Gasteiger partial charge is 0.243 e. The van der Waals surface area contributed by atoms with Crippen LogP contribution in [0.5, 0.6) is 0 Å². The van der Waals surface area contributed by atoms with Crippen molar-refractivity contribution < 1.29 is 14.3 Å². The van der Waals surface area contributed by atoms with E-state index in [4.69, 9.17) is 4.74 Å². The van der Waals surface area contributed by atoms with Crippen LogP contribution >= 0.6 is 0 Å². The fourth-order valence-electron chi connectivity index (χ4n) is 3.95. The van der Waals surface area contributed by atoms with Gasteiger partial charge < -0.3 is 15.4 Å². The highest BCUT2D eigenvalue weighted by Gasteiger charge is 2.46. The van der Waals surface area contributed by atoms with Crippen molar-refractivity contribution in [1.82, 2.24) is 10.6 Å². The Morgan fingerprint density at radius 3 is 2.40 bits per heavy atom. The van der Waals surface area contributed by atoms with E-state index in [1.165, 1.54) is 19.3 Å². The van der Waals surface area contributed by atoms with Gasteiger partial charge in [0.05, 0.1) is 6.07 Å². The lowest BCUT2D eigenvalue weighted by atomic mass is 9.84. The molecular weight excluding hydrogens is 318 g/mol. The molecule has 0 unspecified atom stereocenters. The maximum atomic E-state index is 12.7. The average molecular weight is 347 g/mol. The molecule has 3 rings (SSSR count). The van der Waals surface area contributed by atoms with Crippen LogP contribution in [0.3, 0.4) is 0 Å². The van der Waals surface area contributed by atoms with Crippen molar-refractivity contribution in [1.29, 1.82) is 5.26 Å². The van der Waals surface area contributed by atoms with Gasteiger partial charge in [0.25, 0.3) is 0 Å². The molecule has 2 N–H and O–H groups in total. The molecule has 2 amide bonds. The van der Waals surface area contributed by atoms with Crippen LogP contribution in [-0.4, -0.2) is 36.6 Å². The number of carbonyl (C=O) groups is 2. The first-order valence-electron chi connectivity index (χ1n) is 9.73. The third kappa shape index (κ3) is 4.94. The largest absolute Gasteiger partial charge is 0.381 e. The first-order chi connectivity index (χ1) is 12.1. The highest BCUT2D eigenvalue weighted by molar-refractivity contribution is 5.89. The Balaban J connectivity index is 1.61. The standard InChI is InChI=1S/C19H29N3O3/c20-13-19(8-9-19)22-18(24)16(12-14-4-2-1-3-5-14)21-17(23)15-6-10-25-11-7-15/h14-16H,1-12H2,(H,21,23)(H,22,24)/t16-/m0/s1. The lowest BCUT2D eigenvalue weighted by Gasteiger charge is -2.29. The third-order valence-corrected chi connectivity index (χ3v) is 5.85. The van der Waals surface area contributed by atoms with Crippen LogP contribution in [0, 0.1) is 23.2 Å². The monoisotopic (exact) mass is 347 g/mol. The van der Waals surface area contributed by atoms with E-state index < -0.39 is 11.6 Å². The Bertz CT molecular complexity index is 527. The fourth-order valence-corrected chi connectivity index (χ4v) is 3.95. The maximum Gasteiger partial charge on any atom is 0.243 e. The van der Waals surface area contributed by atoms with Gasteiger partial charge in [-0.2, -0.15) is 5.26 Å². The normalized spacial score (nSPS) is 24.8. The first-order valence-corrected chi connectivity index (χ1v) is 9.73. The number of hydrogen-bond acceptors (Lipinski definition) is 4. The molecule has 6 heteroatoms. The molecule has 0 spiro atoms. The number of hydrogen-bond donors (Lipinski definition) is 2. The SMILES string of the molecule is N#CC1(NC(=O)[C@H](CC2CCCCC2)NC(=O)C2CCOCC2)CC1. The Kier molecular flexibility index (Phi) is 5.95. The van der Waals surface area contributed by atoms with Crippen molar-refractivity contribution in [3.63, 3.8) is 0 Å². The Labute approximate surface area is 149 Å². The van der Waals surface area contributed by atoms with Crippen LogP contribution in [0.25, 0.3) is 0 Å². The average Bonchev–Trinajstić information content (AvgIpc) is 3.42. The zero-order valence-corrected chi connectivity index (χ0v) is 14.9. The topological polar surface area (TPSA) is 91.2 Å². The lowest BCUT2D eigenvalue weighted by Crippen LogP contribution is -2.52.